The minimum Gasteiger partial charge on any atom is -0.356 e. The summed E-state index contributed by atoms with van der Waals surface area (Å²) in [6.07, 6.45) is 2.28. The number of nitrogens with one attached hydrogen (secondary N) is 3. The lowest BCUT2D eigenvalue weighted by atomic mass is 9.90. The zero-order chi connectivity index (χ0) is 19.3. The van der Waals surface area contributed by atoms with Crippen molar-refractivity contribution in [3.63, 3.8) is 0 Å². The van der Waals surface area contributed by atoms with Crippen molar-refractivity contribution < 1.29 is 4.79 Å². The van der Waals surface area contributed by atoms with Crippen LogP contribution in [-0.2, 0) is 11.3 Å². The molecule has 1 amide bonds. The van der Waals surface area contributed by atoms with Crippen LogP contribution in [0.2, 0.25) is 0 Å². The van der Waals surface area contributed by atoms with Crippen molar-refractivity contribution in [1.82, 2.24) is 15.6 Å². The van der Waals surface area contributed by atoms with Crippen molar-refractivity contribution in [3.8, 4) is 0 Å². The molecule has 1 aliphatic rings. The summed E-state index contributed by atoms with van der Waals surface area (Å²) in [7, 11) is 1.75. The van der Waals surface area contributed by atoms with Crippen molar-refractivity contribution in [2.45, 2.75) is 18.9 Å². The van der Waals surface area contributed by atoms with E-state index >= 15 is 0 Å². The molecule has 2 heterocycles. The molecule has 3 N–H and O–H groups in total. The van der Waals surface area contributed by atoms with Crippen molar-refractivity contribution in [1.29, 1.82) is 0 Å². The largest absolute Gasteiger partial charge is 0.356 e. The van der Waals surface area contributed by atoms with Gasteiger partial charge in [0.1, 0.15) is 0 Å². The molecule has 28 heavy (non-hydrogen) atoms. The number of para-hydroxylation sites is 2. The summed E-state index contributed by atoms with van der Waals surface area (Å²) < 4.78 is 0. The Morgan fingerprint density at radius 1 is 1.14 bits per heavy atom. The molecule has 0 radical (unpaired) electrons. The lowest BCUT2D eigenvalue weighted by Gasteiger charge is -2.26. The first kappa shape index (κ1) is 18.0. The average Bonchev–Trinajstić information content (AvgIpc) is 2.73. The van der Waals surface area contributed by atoms with E-state index in [0.29, 0.717) is 25.5 Å². The molecule has 4 rings (SSSR count). The normalized spacial score (nSPS) is 16.4. The van der Waals surface area contributed by atoms with Gasteiger partial charge in [0.15, 0.2) is 5.96 Å². The highest BCUT2D eigenvalue weighted by Gasteiger charge is 2.24. The van der Waals surface area contributed by atoms with E-state index in [0.717, 1.165) is 27.7 Å². The summed E-state index contributed by atoms with van der Waals surface area (Å²) >= 11 is 0. The van der Waals surface area contributed by atoms with Gasteiger partial charge in [0.2, 0.25) is 5.91 Å². The van der Waals surface area contributed by atoms with Gasteiger partial charge in [0, 0.05) is 49.7 Å². The lowest BCUT2D eigenvalue weighted by Crippen LogP contribution is -2.40. The Kier molecular flexibility index (Phi) is 5.19. The molecule has 0 aliphatic carbocycles. The number of nitrogens with zero attached hydrogens (tertiary/aromatic N) is 2. The van der Waals surface area contributed by atoms with Crippen LogP contribution in [0.1, 0.15) is 23.5 Å². The highest BCUT2D eigenvalue weighted by atomic mass is 16.1. The SMILES string of the molecule is CN=C(NCc1cccc2cccnc12)NCC1CC(=O)Nc2ccccc21. The first-order valence-electron chi connectivity index (χ1n) is 9.40. The molecule has 0 fully saturated rings. The standard InChI is InChI=1S/C22H23N5O/c1-23-22(25-13-16-7-4-6-15-8-5-11-24-21(15)16)26-14-17-12-20(28)27-19-10-3-2-9-18(17)19/h2-11,17H,12-14H2,1H3,(H,27,28)(H2,23,25,26). The number of pyridine rings is 1. The Balaban J connectivity index is 1.41. The van der Waals surface area contributed by atoms with Crippen LogP contribution in [0, 0.1) is 0 Å². The number of carbonyl (C=O) groups excluding carboxylic acids is 1. The van der Waals surface area contributed by atoms with Crippen LogP contribution in [-0.4, -0.2) is 30.4 Å². The second-order valence-corrected chi connectivity index (χ2v) is 6.84. The third-order valence-electron chi connectivity index (χ3n) is 5.01. The van der Waals surface area contributed by atoms with E-state index in [1.165, 1.54) is 0 Å². The summed E-state index contributed by atoms with van der Waals surface area (Å²) in [6, 6.07) is 18.1. The third kappa shape index (κ3) is 3.81. The van der Waals surface area contributed by atoms with Gasteiger partial charge in [0.05, 0.1) is 5.52 Å². The number of rotatable bonds is 4. The van der Waals surface area contributed by atoms with Gasteiger partial charge in [-0.1, -0.05) is 42.5 Å². The number of amides is 1. The van der Waals surface area contributed by atoms with E-state index in [1.54, 1.807) is 7.05 Å². The minimum atomic E-state index is 0.0512. The number of guanidine groups is 1. The van der Waals surface area contributed by atoms with E-state index in [1.807, 2.05) is 36.5 Å². The van der Waals surface area contributed by atoms with E-state index < -0.39 is 0 Å². The molecule has 1 atom stereocenters. The van der Waals surface area contributed by atoms with Gasteiger partial charge in [0.25, 0.3) is 0 Å². The Morgan fingerprint density at radius 2 is 2.00 bits per heavy atom. The number of hydrogen-bond donors (Lipinski definition) is 3. The average molecular weight is 373 g/mol. The molecule has 1 aromatic heterocycles. The Bertz CT molecular complexity index is 1020. The fourth-order valence-electron chi connectivity index (χ4n) is 3.61. The smallest absolute Gasteiger partial charge is 0.225 e. The van der Waals surface area contributed by atoms with Gasteiger partial charge in [-0.15, -0.1) is 0 Å². The Hall–Kier alpha value is -3.41. The van der Waals surface area contributed by atoms with Crippen LogP contribution in [0.5, 0.6) is 0 Å². The molecule has 3 aromatic rings. The van der Waals surface area contributed by atoms with E-state index in [9.17, 15) is 4.79 Å². The van der Waals surface area contributed by atoms with E-state index in [-0.39, 0.29) is 11.8 Å². The topological polar surface area (TPSA) is 78.4 Å². The predicted molar refractivity (Wildman–Crippen MR) is 112 cm³/mol. The van der Waals surface area contributed by atoms with Gasteiger partial charge in [-0.25, -0.2) is 0 Å². The van der Waals surface area contributed by atoms with Crippen molar-refractivity contribution in [2.24, 2.45) is 4.99 Å². The van der Waals surface area contributed by atoms with Crippen LogP contribution >= 0.6 is 0 Å². The molecule has 0 saturated carbocycles. The molecule has 0 bridgehead atoms. The molecular weight excluding hydrogens is 350 g/mol. The van der Waals surface area contributed by atoms with Crippen molar-refractivity contribution in [3.05, 3.63) is 71.9 Å². The summed E-state index contributed by atoms with van der Waals surface area (Å²) in [5.41, 5.74) is 4.16. The predicted octanol–water partition coefficient (Wildman–Crippen LogP) is 3.03. The van der Waals surface area contributed by atoms with Crippen molar-refractivity contribution >= 4 is 28.5 Å². The molecule has 0 spiro atoms. The number of benzene rings is 2. The molecule has 1 aliphatic heterocycles. The number of carbonyl (C=O) groups is 1. The van der Waals surface area contributed by atoms with Crippen LogP contribution in [0.4, 0.5) is 5.69 Å². The maximum Gasteiger partial charge on any atom is 0.225 e. The zero-order valence-electron chi connectivity index (χ0n) is 15.8. The fraction of sp³-hybridized carbons (Fsp3) is 0.227. The van der Waals surface area contributed by atoms with Crippen LogP contribution in [0.3, 0.4) is 0 Å². The van der Waals surface area contributed by atoms with Gasteiger partial charge < -0.3 is 16.0 Å². The maximum absolute atomic E-state index is 12.0. The summed E-state index contributed by atoms with van der Waals surface area (Å²) in [6.45, 7) is 1.26. The number of aromatic nitrogens is 1. The van der Waals surface area contributed by atoms with Crippen LogP contribution < -0.4 is 16.0 Å². The van der Waals surface area contributed by atoms with E-state index in [2.05, 4.69) is 50.2 Å². The Morgan fingerprint density at radius 3 is 2.89 bits per heavy atom. The summed E-state index contributed by atoms with van der Waals surface area (Å²) in [5, 5.41) is 10.8. The number of anilines is 1. The molecule has 1 unspecified atom stereocenters. The van der Waals surface area contributed by atoms with Gasteiger partial charge in [-0.05, 0) is 23.3 Å². The first-order valence-corrected chi connectivity index (χ1v) is 9.40. The fourth-order valence-corrected chi connectivity index (χ4v) is 3.61. The lowest BCUT2D eigenvalue weighted by molar-refractivity contribution is -0.116. The van der Waals surface area contributed by atoms with Crippen LogP contribution in [0.15, 0.2) is 65.8 Å². The third-order valence-corrected chi connectivity index (χ3v) is 5.01. The molecule has 0 saturated heterocycles. The quantitative estimate of drug-likeness (QED) is 0.485. The van der Waals surface area contributed by atoms with E-state index in [4.69, 9.17) is 0 Å². The zero-order valence-corrected chi connectivity index (χ0v) is 15.8. The van der Waals surface area contributed by atoms with Crippen molar-refractivity contribution in [2.75, 3.05) is 18.9 Å². The number of hydrogen-bond acceptors (Lipinski definition) is 3. The summed E-state index contributed by atoms with van der Waals surface area (Å²) in [5.74, 6) is 0.870. The van der Waals surface area contributed by atoms with Gasteiger partial charge in [-0.2, -0.15) is 0 Å². The number of aliphatic imine (C=N–C) groups is 1. The molecule has 142 valence electrons. The summed E-state index contributed by atoms with van der Waals surface area (Å²) in [4.78, 5) is 20.8. The minimum absolute atomic E-state index is 0.0512. The number of fused-ring (bicyclic) bond motifs is 2. The first-order chi connectivity index (χ1) is 13.7. The second-order valence-electron chi connectivity index (χ2n) is 6.84. The molecule has 6 nitrogen and oxygen atoms in total. The molecule has 6 heteroatoms. The molecule has 2 aromatic carbocycles. The van der Waals surface area contributed by atoms with Gasteiger partial charge >= 0.3 is 0 Å². The highest BCUT2D eigenvalue weighted by Crippen LogP contribution is 2.31. The highest BCUT2D eigenvalue weighted by molar-refractivity contribution is 5.94. The molecular formula is C22H23N5O. The van der Waals surface area contributed by atoms with Gasteiger partial charge in [-0.3, -0.25) is 14.8 Å². The Labute approximate surface area is 164 Å². The maximum atomic E-state index is 12.0. The second kappa shape index (κ2) is 8.08. The monoisotopic (exact) mass is 373 g/mol. The van der Waals surface area contributed by atoms with Crippen LogP contribution in [0.25, 0.3) is 10.9 Å².